The molecule has 0 saturated heterocycles. The molecule has 2 heterocycles. The second-order valence-corrected chi connectivity index (χ2v) is 18.9. The third-order valence-electron chi connectivity index (χ3n) is 15.2. The Morgan fingerprint density at radius 2 is 0.857 bits per heavy atom. The minimum atomic E-state index is -0.385. The van der Waals surface area contributed by atoms with Crippen molar-refractivity contribution in [3.63, 3.8) is 0 Å². The second-order valence-electron chi connectivity index (χ2n) is 18.9. The van der Waals surface area contributed by atoms with E-state index in [1.165, 1.54) is 111 Å². The van der Waals surface area contributed by atoms with Gasteiger partial charge in [0, 0.05) is 44.4 Å². The molecule has 1 unspecified atom stereocenters. The van der Waals surface area contributed by atoms with E-state index in [0.717, 1.165) is 17.1 Å². The van der Waals surface area contributed by atoms with Gasteiger partial charge < -0.3 is 9.47 Å². The van der Waals surface area contributed by atoms with Crippen LogP contribution in [0, 0.1) is 0 Å². The van der Waals surface area contributed by atoms with Crippen LogP contribution in [0.25, 0.3) is 94.3 Å². The first-order valence-electron chi connectivity index (χ1n) is 24.3. The molecule has 12 aromatic rings. The Labute approximate surface area is 408 Å². The van der Waals surface area contributed by atoms with Gasteiger partial charge in [-0.2, -0.15) is 0 Å². The number of hydrogen-bond donors (Lipinski definition) is 0. The predicted octanol–water partition coefficient (Wildman–Crippen LogP) is 18.2. The van der Waals surface area contributed by atoms with E-state index < -0.39 is 0 Å². The monoisotopic (exact) mass is 890 g/mol. The lowest BCUT2D eigenvalue weighted by Crippen LogP contribution is -2.22. The molecule has 2 nitrogen and oxygen atoms in total. The highest BCUT2D eigenvalue weighted by Gasteiger charge is 2.45. The molecular formula is C68H46N2. The van der Waals surface area contributed by atoms with Gasteiger partial charge in [0.25, 0.3) is 0 Å². The van der Waals surface area contributed by atoms with Crippen molar-refractivity contribution in [1.82, 2.24) is 4.57 Å². The van der Waals surface area contributed by atoms with Gasteiger partial charge >= 0.3 is 0 Å². The molecule has 0 fully saturated rings. The molecule has 0 saturated carbocycles. The zero-order valence-electron chi connectivity index (χ0n) is 38.7. The van der Waals surface area contributed by atoms with Crippen molar-refractivity contribution in [1.29, 1.82) is 0 Å². The van der Waals surface area contributed by atoms with E-state index in [-0.39, 0.29) is 5.41 Å². The molecule has 2 heteroatoms. The Morgan fingerprint density at radius 1 is 0.329 bits per heavy atom. The fraction of sp³-hybridized carbons (Fsp3) is 0.0294. The van der Waals surface area contributed by atoms with Crippen molar-refractivity contribution >= 4 is 38.9 Å². The molecule has 328 valence electrons. The summed E-state index contributed by atoms with van der Waals surface area (Å²) in [6.07, 6.45) is 0. The Kier molecular flexibility index (Phi) is 9.06. The minimum absolute atomic E-state index is 0.385. The summed E-state index contributed by atoms with van der Waals surface area (Å²) < 4.78 is 2.59. The van der Waals surface area contributed by atoms with Crippen molar-refractivity contribution in [3.8, 4) is 72.4 Å². The van der Waals surface area contributed by atoms with Gasteiger partial charge in [-0.05, 0) is 128 Å². The highest BCUT2D eigenvalue weighted by atomic mass is 15.1. The van der Waals surface area contributed by atoms with Crippen LogP contribution in [-0.4, -0.2) is 4.57 Å². The molecule has 0 bridgehead atoms. The maximum atomic E-state index is 2.59. The van der Waals surface area contributed by atoms with Gasteiger partial charge in [0.15, 0.2) is 0 Å². The summed E-state index contributed by atoms with van der Waals surface area (Å²) in [5.74, 6) is 0. The Morgan fingerprint density at radius 3 is 1.59 bits per heavy atom. The molecule has 0 spiro atoms. The van der Waals surface area contributed by atoms with E-state index in [1.807, 2.05) is 0 Å². The first-order valence-corrected chi connectivity index (χ1v) is 24.3. The summed E-state index contributed by atoms with van der Waals surface area (Å²) in [7, 11) is 0. The van der Waals surface area contributed by atoms with E-state index in [9.17, 15) is 0 Å². The molecule has 0 radical (unpaired) electrons. The average molecular weight is 891 g/mol. The first-order chi connectivity index (χ1) is 34.6. The Balaban J connectivity index is 1.02. The highest BCUT2D eigenvalue weighted by Crippen LogP contribution is 2.60. The van der Waals surface area contributed by atoms with E-state index >= 15 is 0 Å². The summed E-state index contributed by atoms with van der Waals surface area (Å²) in [5.41, 5.74) is 25.3. The normalized spacial score (nSPS) is 14.1. The lowest BCUT2D eigenvalue weighted by molar-refractivity contribution is 0.714. The lowest BCUT2D eigenvalue weighted by atomic mass is 9.73. The van der Waals surface area contributed by atoms with Crippen molar-refractivity contribution in [2.45, 2.75) is 12.3 Å². The van der Waals surface area contributed by atoms with Crippen LogP contribution in [0.15, 0.2) is 261 Å². The predicted molar refractivity (Wildman–Crippen MR) is 294 cm³/mol. The van der Waals surface area contributed by atoms with E-state index in [2.05, 4.69) is 277 Å². The highest BCUT2D eigenvalue weighted by molar-refractivity contribution is 6.19. The molecule has 70 heavy (non-hydrogen) atoms. The van der Waals surface area contributed by atoms with Crippen LogP contribution in [0.1, 0.15) is 23.6 Å². The number of rotatable bonds is 8. The fourth-order valence-electron chi connectivity index (χ4n) is 11.9. The molecule has 1 aliphatic heterocycles. The smallest absolute Gasteiger partial charge is 0.0623 e. The van der Waals surface area contributed by atoms with E-state index in [4.69, 9.17) is 0 Å². The van der Waals surface area contributed by atoms with E-state index in [1.54, 1.807) is 0 Å². The Hall–Kier alpha value is -8.98. The SMILES string of the molecule is CC1(c2cccc(-c3ccccc3)c2)c2cccc3c2-c2c1ccc1c4ccc(N(c5ccc(-c6ccccc6)cc5)c5ccc(-c6ccccc6)c(-c6ccccc6)c5)cc4n(c21)-c1ccccc1-3. The van der Waals surface area contributed by atoms with Crippen LogP contribution in [0.3, 0.4) is 0 Å². The molecule has 1 aromatic heterocycles. The quantitative estimate of drug-likeness (QED) is 0.148. The van der Waals surface area contributed by atoms with Crippen LogP contribution in [0.2, 0.25) is 0 Å². The number of fused-ring (bicyclic) bond motifs is 6. The fourth-order valence-corrected chi connectivity index (χ4v) is 11.9. The molecule has 1 atom stereocenters. The van der Waals surface area contributed by atoms with Gasteiger partial charge in [-0.1, -0.05) is 212 Å². The Bertz CT molecular complexity index is 3980. The number of hydrogen-bond acceptors (Lipinski definition) is 1. The lowest BCUT2D eigenvalue weighted by Gasteiger charge is -2.29. The maximum Gasteiger partial charge on any atom is 0.0623 e. The molecule has 2 aliphatic rings. The summed E-state index contributed by atoms with van der Waals surface area (Å²) in [6.45, 7) is 2.45. The van der Waals surface area contributed by atoms with Crippen LogP contribution < -0.4 is 4.90 Å². The standard InChI is InChI=1S/C68H46N2/c1-68(51-27-16-26-50(42-51)46-20-8-3-9-21-46)61-30-17-29-58-56-28-14-15-31-63(56)70-64-44-54(37-39-57(64)59-40-41-62(68)66(65(58)61)67(59)70)69(52-34-32-47(33-35-52)45-18-6-2-7-19-45)53-36-38-55(48-22-10-4-11-23-48)60(43-53)49-24-12-5-13-25-49/h2-44H,1H3. The summed E-state index contributed by atoms with van der Waals surface area (Å²) in [6, 6.07) is 96.3. The molecule has 14 rings (SSSR count). The van der Waals surface area contributed by atoms with Crippen LogP contribution in [0.4, 0.5) is 17.1 Å². The number of benzene rings is 11. The zero-order chi connectivity index (χ0) is 46.3. The van der Waals surface area contributed by atoms with Gasteiger partial charge in [-0.25, -0.2) is 0 Å². The third kappa shape index (κ3) is 6.06. The summed E-state index contributed by atoms with van der Waals surface area (Å²) >= 11 is 0. The largest absolute Gasteiger partial charge is 0.310 e. The van der Waals surface area contributed by atoms with Crippen molar-refractivity contribution in [3.05, 3.63) is 278 Å². The molecular weight excluding hydrogens is 845 g/mol. The minimum Gasteiger partial charge on any atom is -0.310 e. The maximum absolute atomic E-state index is 2.59. The van der Waals surface area contributed by atoms with Crippen molar-refractivity contribution < 1.29 is 0 Å². The van der Waals surface area contributed by atoms with Crippen LogP contribution in [0.5, 0.6) is 0 Å². The van der Waals surface area contributed by atoms with Crippen LogP contribution >= 0.6 is 0 Å². The first kappa shape index (κ1) is 40.1. The molecule has 0 N–H and O–H groups in total. The number of nitrogens with zero attached hydrogens (tertiary/aromatic N) is 2. The number of para-hydroxylation sites is 1. The second kappa shape index (κ2) is 15.8. The molecule has 0 amide bonds. The summed E-state index contributed by atoms with van der Waals surface area (Å²) in [5, 5.41) is 2.50. The topological polar surface area (TPSA) is 8.17 Å². The van der Waals surface area contributed by atoms with Crippen molar-refractivity contribution in [2.24, 2.45) is 0 Å². The summed E-state index contributed by atoms with van der Waals surface area (Å²) in [4.78, 5) is 2.44. The van der Waals surface area contributed by atoms with Gasteiger partial charge in [0.1, 0.15) is 0 Å². The molecule has 1 aliphatic carbocycles. The van der Waals surface area contributed by atoms with Gasteiger partial charge in [-0.15, -0.1) is 0 Å². The van der Waals surface area contributed by atoms with Crippen LogP contribution in [-0.2, 0) is 5.41 Å². The van der Waals surface area contributed by atoms with Gasteiger partial charge in [0.2, 0.25) is 0 Å². The van der Waals surface area contributed by atoms with Gasteiger partial charge in [-0.3, -0.25) is 0 Å². The number of aromatic nitrogens is 1. The molecule has 11 aromatic carbocycles. The van der Waals surface area contributed by atoms with Crippen molar-refractivity contribution in [2.75, 3.05) is 4.90 Å². The number of anilines is 3. The third-order valence-corrected chi connectivity index (χ3v) is 15.2. The van der Waals surface area contributed by atoms with E-state index in [0.29, 0.717) is 0 Å². The zero-order valence-corrected chi connectivity index (χ0v) is 38.7. The average Bonchev–Trinajstić information content (AvgIpc) is 3.86. The van der Waals surface area contributed by atoms with Gasteiger partial charge in [0.05, 0.1) is 16.7 Å².